The molecule has 0 saturated carbocycles. The number of para-hydroxylation sites is 1. The van der Waals surface area contributed by atoms with Crippen LogP contribution in [0.2, 0.25) is 0 Å². The fourth-order valence-corrected chi connectivity index (χ4v) is 3.03. The Hall–Kier alpha value is -2.21. The Morgan fingerprint density at radius 2 is 2.13 bits per heavy atom. The van der Waals surface area contributed by atoms with E-state index in [1.807, 2.05) is 31.3 Å². The first-order chi connectivity index (χ1) is 11.1. The number of nitrogens with two attached hydrogens (primary N) is 1. The third-order valence-electron chi connectivity index (χ3n) is 4.25. The van der Waals surface area contributed by atoms with Crippen LogP contribution in [0.25, 0.3) is 11.3 Å². The number of likely N-dealkylation sites (tertiary alicyclic amines) is 1. The molecule has 1 fully saturated rings. The number of aryl methyl sites for hydroxylation is 1. The summed E-state index contributed by atoms with van der Waals surface area (Å²) in [6.07, 6.45) is 2.40. The van der Waals surface area contributed by atoms with Crippen LogP contribution in [0.1, 0.15) is 12.8 Å². The highest BCUT2D eigenvalue weighted by atomic mass is 16.5. The number of methoxy groups -OCH3 is 1. The van der Waals surface area contributed by atoms with Crippen LogP contribution in [0.15, 0.2) is 24.3 Å². The van der Waals surface area contributed by atoms with Gasteiger partial charge in [0.1, 0.15) is 11.9 Å². The minimum Gasteiger partial charge on any atom is -0.492 e. The fraction of sp³-hybridized carbons (Fsp3) is 0.471. The second-order valence-corrected chi connectivity index (χ2v) is 6.06. The zero-order valence-electron chi connectivity index (χ0n) is 14.0. The summed E-state index contributed by atoms with van der Waals surface area (Å²) in [5, 5.41) is 4.44. The van der Waals surface area contributed by atoms with Crippen LogP contribution in [0.5, 0.6) is 11.5 Å². The number of anilines is 1. The minimum absolute atomic E-state index is 0.187. The summed E-state index contributed by atoms with van der Waals surface area (Å²) >= 11 is 0. The van der Waals surface area contributed by atoms with E-state index in [2.05, 4.69) is 17.0 Å². The first kappa shape index (κ1) is 15.7. The molecular weight excluding hydrogens is 292 g/mol. The molecule has 0 aliphatic carbocycles. The van der Waals surface area contributed by atoms with Crippen molar-refractivity contribution in [2.75, 3.05) is 33.0 Å². The van der Waals surface area contributed by atoms with Crippen molar-refractivity contribution in [3.63, 3.8) is 0 Å². The number of piperidine rings is 1. The molecule has 1 aromatic carbocycles. The summed E-state index contributed by atoms with van der Waals surface area (Å²) in [5.74, 6) is 2.08. The molecule has 3 rings (SSSR count). The second-order valence-electron chi connectivity index (χ2n) is 6.06. The molecule has 2 N–H and O–H groups in total. The van der Waals surface area contributed by atoms with Crippen molar-refractivity contribution < 1.29 is 9.47 Å². The van der Waals surface area contributed by atoms with E-state index in [1.165, 1.54) is 0 Å². The van der Waals surface area contributed by atoms with Gasteiger partial charge < -0.3 is 20.1 Å². The molecule has 6 nitrogen and oxygen atoms in total. The van der Waals surface area contributed by atoms with Crippen molar-refractivity contribution in [3.05, 3.63) is 24.3 Å². The van der Waals surface area contributed by atoms with Crippen LogP contribution in [0, 0.1) is 0 Å². The molecule has 1 atom stereocenters. The lowest BCUT2D eigenvalue weighted by molar-refractivity contribution is 0.101. The summed E-state index contributed by atoms with van der Waals surface area (Å²) in [6, 6.07) is 7.73. The van der Waals surface area contributed by atoms with Gasteiger partial charge in [0, 0.05) is 25.2 Å². The molecule has 1 aliphatic heterocycles. The Balaban J connectivity index is 1.90. The predicted molar refractivity (Wildman–Crippen MR) is 90.8 cm³/mol. The van der Waals surface area contributed by atoms with Crippen molar-refractivity contribution in [3.8, 4) is 22.8 Å². The van der Waals surface area contributed by atoms with Crippen LogP contribution in [0.4, 0.5) is 5.82 Å². The largest absolute Gasteiger partial charge is 0.492 e. The Labute approximate surface area is 136 Å². The molecule has 1 aromatic heterocycles. The first-order valence-corrected chi connectivity index (χ1v) is 7.90. The number of hydrogen-bond acceptors (Lipinski definition) is 5. The van der Waals surface area contributed by atoms with Gasteiger partial charge in [-0.2, -0.15) is 5.10 Å². The Morgan fingerprint density at radius 1 is 1.30 bits per heavy atom. The number of likely N-dealkylation sites (N-methyl/N-ethyl adjacent to an activating group) is 1. The molecule has 1 saturated heterocycles. The third-order valence-corrected chi connectivity index (χ3v) is 4.25. The molecule has 2 aromatic rings. The van der Waals surface area contributed by atoms with Crippen molar-refractivity contribution in [2.24, 2.45) is 7.05 Å². The molecule has 6 heteroatoms. The van der Waals surface area contributed by atoms with Gasteiger partial charge in [0.05, 0.1) is 12.8 Å². The molecule has 1 aliphatic rings. The molecule has 124 valence electrons. The van der Waals surface area contributed by atoms with E-state index in [-0.39, 0.29) is 6.10 Å². The van der Waals surface area contributed by atoms with E-state index >= 15 is 0 Å². The summed E-state index contributed by atoms with van der Waals surface area (Å²) in [6.45, 7) is 2.06. The van der Waals surface area contributed by atoms with Gasteiger partial charge in [0.2, 0.25) is 0 Å². The number of benzene rings is 1. The maximum absolute atomic E-state index is 6.21. The van der Waals surface area contributed by atoms with Gasteiger partial charge in [0.25, 0.3) is 0 Å². The van der Waals surface area contributed by atoms with E-state index in [0.717, 1.165) is 42.9 Å². The van der Waals surface area contributed by atoms with E-state index in [1.54, 1.807) is 11.8 Å². The van der Waals surface area contributed by atoms with Gasteiger partial charge in [-0.25, -0.2) is 0 Å². The van der Waals surface area contributed by atoms with Crippen molar-refractivity contribution >= 4 is 5.82 Å². The zero-order chi connectivity index (χ0) is 16.4. The lowest BCUT2D eigenvalue weighted by atomic mass is 10.1. The Morgan fingerprint density at radius 3 is 2.78 bits per heavy atom. The monoisotopic (exact) mass is 316 g/mol. The van der Waals surface area contributed by atoms with Gasteiger partial charge in [0.15, 0.2) is 11.5 Å². The SMILES string of the molecule is COc1c(OC2CCCN(C)C2)cccc1-c1cc(N)n(C)n1. The molecule has 2 heterocycles. The Kier molecular flexibility index (Phi) is 4.43. The molecule has 0 amide bonds. The molecule has 0 bridgehead atoms. The van der Waals surface area contributed by atoms with Crippen LogP contribution < -0.4 is 15.2 Å². The number of ether oxygens (including phenoxy) is 2. The van der Waals surface area contributed by atoms with Crippen molar-refractivity contribution in [2.45, 2.75) is 18.9 Å². The molecule has 1 unspecified atom stereocenters. The normalized spacial score (nSPS) is 18.8. The maximum Gasteiger partial charge on any atom is 0.170 e. The maximum atomic E-state index is 6.21. The third kappa shape index (κ3) is 3.27. The van der Waals surface area contributed by atoms with E-state index < -0.39 is 0 Å². The second kappa shape index (κ2) is 6.50. The van der Waals surface area contributed by atoms with Gasteiger partial charge >= 0.3 is 0 Å². The number of rotatable bonds is 4. The summed E-state index contributed by atoms with van der Waals surface area (Å²) in [5.41, 5.74) is 7.57. The molecule has 0 radical (unpaired) electrons. The van der Waals surface area contributed by atoms with Crippen molar-refractivity contribution in [1.29, 1.82) is 0 Å². The Bertz CT molecular complexity index is 664. The van der Waals surface area contributed by atoms with Gasteiger partial charge in [-0.15, -0.1) is 0 Å². The fourth-order valence-electron chi connectivity index (χ4n) is 3.03. The minimum atomic E-state index is 0.187. The highest BCUT2D eigenvalue weighted by Gasteiger charge is 2.22. The standard InChI is InChI=1S/C17H24N4O2/c1-20-9-5-6-12(11-20)23-15-8-4-7-13(17(15)22-3)14-10-16(18)21(2)19-14/h4,7-8,10,12H,5-6,9,11,18H2,1-3H3. The summed E-state index contributed by atoms with van der Waals surface area (Å²) in [7, 11) is 5.61. The number of aromatic nitrogens is 2. The highest BCUT2D eigenvalue weighted by molar-refractivity contribution is 5.72. The van der Waals surface area contributed by atoms with E-state index in [9.17, 15) is 0 Å². The number of nitrogen functional groups attached to an aromatic ring is 1. The molecule has 23 heavy (non-hydrogen) atoms. The lowest BCUT2D eigenvalue weighted by Crippen LogP contribution is -2.38. The molecule has 0 spiro atoms. The molecular formula is C17H24N4O2. The van der Waals surface area contributed by atoms with Crippen LogP contribution >= 0.6 is 0 Å². The average molecular weight is 316 g/mol. The zero-order valence-corrected chi connectivity index (χ0v) is 14.0. The van der Waals surface area contributed by atoms with Crippen LogP contribution in [0.3, 0.4) is 0 Å². The van der Waals surface area contributed by atoms with E-state index in [4.69, 9.17) is 15.2 Å². The summed E-state index contributed by atoms with van der Waals surface area (Å²) in [4.78, 5) is 2.30. The first-order valence-electron chi connectivity index (χ1n) is 7.90. The lowest BCUT2D eigenvalue weighted by Gasteiger charge is -2.30. The smallest absolute Gasteiger partial charge is 0.170 e. The number of hydrogen-bond donors (Lipinski definition) is 1. The van der Waals surface area contributed by atoms with Gasteiger partial charge in [-0.1, -0.05) is 6.07 Å². The van der Waals surface area contributed by atoms with Gasteiger partial charge in [-0.05, 0) is 38.6 Å². The van der Waals surface area contributed by atoms with Crippen LogP contribution in [-0.4, -0.2) is 48.0 Å². The van der Waals surface area contributed by atoms with Crippen molar-refractivity contribution in [1.82, 2.24) is 14.7 Å². The van der Waals surface area contributed by atoms with E-state index in [0.29, 0.717) is 11.6 Å². The predicted octanol–water partition coefficient (Wildman–Crippen LogP) is 2.15. The average Bonchev–Trinajstić information content (AvgIpc) is 2.86. The van der Waals surface area contributed by atoms with Gasteiger partial charge in [-0.3, -0.25) is 4.68 Å². The highest BCUT2D eigenvalue weighted by Crippen LogP contribution is 2.38. The number of nitrogens with zero attached hydrogens (tertiary/aromatic N) is 3. The topological polar surface area (TPSA) is 65.5 Å². The summed E-state index contributed by atoms with van der Waals surface area (Å²) < 4.78 is 13.5. The van der Waals surface area contributed by atoms with Crippen LogP contribution in [-0.2, 0) is 7.05 Å². The quantitative estimate of drug-likeness (QED) is 0.936.